The Morgan fingerprint density at radius 3 is 2.67 bits per heavy atom. The first-order chi connectivity index (χ1) is 10.0. The average Bonchev–Trinajstić information content (AvgIpc) is 2.45. The smallest absolute Gasteiger partial charge is 0.270 e. The molecular weight excluding hydrogens is 332 g/mol. The molecule has 1 aromatic carbocycles. The number of nitro benzene ring substituents is 1. The molecule has 1 N–H and O–H groups in total. The topological polar surface area (TPSA) is 55.2 Å². The molecule has 0 aliphatic heterocycles. The molecule has 2 rings (SSSR count). The van der Waals surface area contributed by atoms with Gasteiger partial charge in [0.1, 0.15) is 0 Å². The average molecular weight is 355 g/mol. The summed E-state index contributed by atoms with van der Waals surface area (Å²) in [5.74, 6) is 1.75. The van der Waals surface area contributed by atoms with E-state index < -0.39 is 0 Å². The second-order valence-corrected chi connectivity index (χ2v) is 7.08. The van der Waals surface area contributed by atoms with E-state index in [4.69, 9.17) is 0 Å². The van der Waals surface area contributed by atoms with Gasteiger partial charge in [-0.2, -0.15) is 0 Å². The maximum atomic E-state index is 10.8. The van der Waals surface area contributed by atoms with Crippen LogP contribution in [-0.4, -0.2) is 11.5 Å². The minimum absolute atomic E-state index is 0.141. The number of hydrogen-bond acceptors (Lipinski definition) is 3. The zero-order chi connectivity index (χ0) is 15.2. The van der Waals surface area contributed by atoms with E-state index in [9.17, 15) is 10.1 Å². The number of rotatable bonds is 6. The molecule has 1 aromatic rings. The van der Waals surface area contributed by atoms with Crippen LogP contribution in [0, 0.1) is 22.0 Å². The minimum atomic E-state index is -0.350. The summed E-state index contributed by atoms with van der Waals surface area (Å²) in [6.45, 7) is 4.01. The Morgan fingerprint density at radius 1 is 1.29 bits per heavy atom. The summed E-state index contributed by atoms with van der Waals surface area (Å²) < 4.78 is 0.759. The number of nitrogens with one attached hydrogen (secondary N) is 1. The Bertz CT molecular complexity index is 485. The van der Waals surface area contributed by atoms with Crippen LogP contribution in [0.4, 0.5) is 5.69 Å². The standard InChI is InChI=1S/C16H23BrN2O2/c1-12-2-4-13(5-3-12)6-7-18-11-14-8-15(17)10-16(9-14)19(20)21/h8-10,12-13,18H,2-7,11H2,1H3. The molecule has 1 aliphatic carbocycles. The van der Waals surface area contributed by atoms with E-state index >= 15 is 0 Å². The van der Waals surface area contributed by atoms with E-state index in [-0.39, 0.29) is 10.6 Å². The van der Waals surface area contributed by atoms with Crippen molar-refractivity contribution >= 4 is 21.6 Å². The Kier molecular flexibility index (Phi) is 6.18. The van der Waals surface area contributed by atoms with Crippen molar-refractivity contribution in [3.8, 4) is 0 Å². The molecule has 0 spiro atoms. The lowest BCUT2D eigenvalue weighted by atomic mass is 9.81. The molecule has 0 saturated heterocycles. The minimum Gasteiger partial charge on any atom is -0.313 e. The summed E-state index contributed by atoms with van der Waals surface area (Å²) in [4.78, 5) is 10.5. The third kappa shape index (κ3) is 5.40. The van der Waals surface area contributed by atoms with Gasteiger partial charge in [-0.05, 0) is 36.4 Å². The monoisotopic (exact) mass is 354 g/mol. The van der Waals surface area contributed by atoms with Crippen LogP contribution >= 0.6 is 15.9 Å². The number of halogens is 1. The number of nitro groups is 1. The molecule has 4 nitrogen and oxygen atoms in total. The van der Waals surface area contributed by atoms with Crippen LogP contribution in [0.2, 0.25) is 0 Å². The van der Waals surface area contributed by atoms with Gasteiger partial charge in [-0.3, -0.25) is 10.1 Å². The van der Waals surface area contributed by atoms with Crippen LogP contribution < -0.4 is 5.32 Å². The summed E-state index contributed by atoms with van der Waals surface area (Å²) in [5.41, 5.74) is 1.09. The summed E-state index contributed by atoms with van der Waals surface area (Å²) in [7, 11) is 0. The SMILES string of the molecule is CC1CCC(CCNCc2cc(Br)cc([N+](=O)[O-])c2)CC1. The summed E-state index contributed by atoms with van der Waals surface area (Å²) in [6.07, 6.45) is 6.64. The first-order valence-electron chi connectivity index (χ1n) is 7.69. The highest BCUT2D eigenvalue weighted by Gasteiger charge is 2.17. The highest BCUT2D eigenvalue weighted by atomic mass is 79.9. The number of hydrogen-bond donors (Lipinski definition) is 1. The molecule has 116 valence electrons. The lowest BCUT2D eigenvalue weighted by Crippen LogP contribution is -2.20. The zero-order valence-corrected chi connectivity index (χ0v) is 14.1. The molecule has 0 atom stereocenters. The van der Waals surface area contributed by atoms with Crippen LogP contribution in [0.15, 0.2) is 22.7 Å². The van der Waals surface area contributed by atoms with Crippen molar-refractivity contribution < 1.29 is 4.92 Å². The summed E-state index contributed by atoms with van der Waals surface area (Å²) in [5, 5.41) is 14.2. The van der Waals surface area contributed by atoms with Gasteiger partial charge in [0.25, 0.3) is 5.69 Å². The third-order valence-electron chi connectivity index (χ3n) is 4.35. The molecular formula is C16H23BrN2O2. The molecule has 0 unspecified atom stereocenters. The van der Waals surface area contributed by atoms with Crippen molar-refractivity contribution in [2.75, 3.05) is 6.54 Å². The first kappa shape index (κ1) is 16.4. The predicted octanol–water partition coefficient (Wildman–Crippen LogP) is 4.66. The molecule has 1 saturated carbocycles. The van der Waals surface area contributed by atoms with Gasteiger partial charge in [0, 0.05) is 23.2 Å². The maximum Gasteiger partial charge on any atom is 0.270 e. The predicted molar refractivity (Wildman–Crippen MR) is 88.2 cm³/mol. The largest absolute Gasteiger partial charge is 0.313 e. The first-order valence-corrected chi connectivity index (χ1v) is 8.48. The Morgan fingerprint density at radius 2 is 2.00 bits per heavy atom. The molecule has 0 aromatic heterocycles. The Labute approximate surface area is 134 Å². The Hall–Kier alpha value is -0.940. The molecule has 0 bridgehead atoms. The van der Waals surface area contributed by atoms with Crippen molar-refractivity contribution in [3.63, 3.8) is 0 Å². The zero-order valence-electron chi connectivity index (χ0n) is 12.5. The van der Waals surface area contributed by atoms with Crippen LogP contribution in [0.3, 0.4) is 0 Å². The number of nitrogens with zero attached hydrogens (tertiary/aromatic N) is 1. The summed E-state index contributed by atoms with van der Waals surface area (Å²) in [6, 6.07) is 5.11. The van der Waals surface area contributed by atoms with Crippen LogP contribution in [0.5, 0.6) is 0 Å². The van der Waals surface area contributed by atoms with E-state index in [1.807, 2.05) is 6.07 Å². The van der Waals surface area contributed by atoms with E-state index in [0.29, 0.717) is 6.54 Å². The Balaban J connectivity index is 1.74. The number of benzene rings is 1. The molecule has 0 heterocycles. The second-order valence-electron chi connectivity index (χ2n) is 6.17. The highest BCUT2D eigenvalue weighted by Crippen LogP contribution is 2.30. The lowest BCUT2D eigenvalue weighted by Gasteiger charge is -2.26. The van der Waals surface area contributed by atoms with E-state index in [1.54, 1.807) is 6.07 Å². The van der Waals surface area contributed by atoms with Gasteiger partial charge in [0.2, 0.25) is 0 Å². The molecule has 0 amide bonds. The quantitative estimate of drug-likeness (QED) is 0.459. The fourth-order valence-corrected chi connectivity index (χ4v) is 3.53. The molecule has 1 fully saturated rings. The van der Waals surface area contributed by atoms with Gasteiger partial charge >= 0.3 is 0 Å². The molecule has 0 radical (unpaired) electrons. The van der Waals surface area contributed by atoms with Gasteiger partial charge in [-0.25, -0.2) is 0 Å². The van der Waals surface area contributed by atoms with Gasteiger partial charge in [0.05, 0.1) is 4.92 Å². The highest BCUT2D eigenvalue weighted by molar-refractivity contribution is 9.10. The van der Waals surface area contributed by atoms with Crippen LogP contribution in [0.25, 0.3) is 0 Å². The van der Waals surface area contributed by atoms with Gasteiger partial charge in [0.15, 0.2) is 0 Å². The van der Waals surface area contributed by atoms with Crippen molar-refractivity contribution in [2.45, 2.75) is 45.6 Å². The maximum absolute atomic E-state index is 10.8. The molecule has 1 aliphatic rings. The van der Waals surface area contributed by atoms with Gasteiger partial charge in [-0.15, -0.1) is 0 Å². The normalized spacial score (nSPS) is 22.2. The second kappa shape index (κ2) is 7.90. The van der Waals surface area contributed by atoms with Crippen molar-refractivity contribution in [3.05, 3.63) is 38.3 Å². The summed E-state index contributed by atoms with van der Waals surface area (Å²) >= 11 is 3.33. The number of non-ortho nitro benzene ring substituents is 1. The lowest BCUT2D eigenvalue weighted by molar-refractivity contribution is -0.385. The fourth-order valence-electron chi connectivity index (χ4n) is 3.00. The van der Waals surface area contributed by atoms with Crippen molar-refractivity contribution in [1.82, 2.24) is 5.32 Å². The van der Waals surface area contributed by atoms with E-state index in [0.717, 1.165) is 28.4 Å². The molecule has 21 heavy (non-hydrogen) atoms. The third-order valence-corrected chi connectivity index (χ3v) is 4.80. The van der Waals surface area contributed by atoms with Crippen molar-refractivity contribution in [2.24, 2.45) is 11.8 Å². The van der Waals surface area contributed by atoms with Gasteiger partial charge in [-0.1, -0.05) is 48.5 Å². The van der Waals surface area contributed by atoms with E-state index in [2.05, 4.69) is 28.2 Å². The van der Waals surface area contributed by atoms with Gasteiger partial charge < -0.3 is 5.32 Å². The van der Waals surface area contributed by atoms with Crippen molar-refractivity contribution in [1.29, 1.82) is 0 Å². The van der Waals surface area contributed by atoms with E-state index in [1.165, 1.54) is 38.2 Å². The fraction of sp³-hybridized carbons (Fsp3) is 0.625. The van der Waals surface area contributed by atoms with Crippen LogP contribution in [0.1, 0.15) is 44.6 Å². The van der Waals surface area contributed by atoms with Crippen LogP contribution in [-0.2, 0) is 6.54 Å². The molecule has 5 heteroatoms.